The fraction of sp³-hybridized carbons (Fsp3) is 0.867. The van der Waals surface area contributed by atoms with E-state index in [-0.39, 0.29) is 163 Å². The van der Waals surface area contributed by atoms with Crippen LogP contribution in [0.25, 0.3) is 0 Å². The van der Waals surface area contributed by atoms with E-state index >= 15 is 0 Å². The van der Waals surface area contributed by atoms with E-state index in [1.807, 2.05) is 0 Å². The van der Waals surface area contributed by atoms with Crippen molar-refractivity contribution in [3.63, 3.8) is 0 Å². The van der Waals surface area contributed by atoms with Crippen LogP contribution in [-0.2, 0) is 104 Å². The number of nitrogens with zero attached hydrogens (tertiary/aromatic N) is 1. The van der Waals surface area contributed by atoms with E-state index in [1.165, 1.54) is 27.7 Å². The summed E-state index contributed by atoms with van der Waals surface area (Å²) in [6.45, 7) is 1.58. The SMILES string of the molecule is CCP(=O)(O)O[C@H]1CC[C@H](C(=O)NC(CCC(=O)NCCOCCOCCOC2OC(CO)C(O)C(O)C2NC(C)=O)C(=O)N(CC(=O)NCCOCCOCCOC2OC(CO)C(O)C(O)C2NC(C)=O)CC(=O)NCCOCCOCCOC2OC(CO)C(O)C(O)C2NC(C)=O)CC1. The standard InChI is InChI=1S/C60H107N8O32P/c1-5-101(86,87)100-39-8-6-38(7-9-39)56(84)67-40(10-11-44(75)61-12-15-88-18-21-91-24-27-94-58-47(64-35(2)72)53(81)50(78)41(32-69)97-58)57(85)68(30-45(76)62-13-16-89-19-22-92-25-28-95-59-48(65-36(3)73)54(82)51(79)42(33-70)98-59)31-46(77)63-14-17-90-20-23-93-26-29-96-60-49(66-37(4)74)55(83)52(80)43(34-71)99-60/h38-43,47-55,58-60,69-71,78-83H,5-34H2,1-4H3,(H,61,75)(H,62,76)(H,63,77)(H,64,72)(H,65,73)(H,66,74)(H,67,84)(H,86,87)/t38-,39-,40?,41?,42?,43?,47?,48?,49?,50?,51?,52?,53?,54?,55?,58?,59?,60?. The third-order valence-electron chi connectivity index (χ3n) is 16.1. The van der Waals surface area contributed by atoms with Crippen LogP contribution in [0.3, 0.4) is 0 Å². The molecule has 4 aliphatic rings. The lowest BCUT2D eigenvalue weighted by Gasteiger charge is -2.42. The van der Waals surface area contributed by atoms with E-state index in [0.29, 0.717) is 0 Å². The van der Waals surface area contributed by atoms with Gasteiger partial charge in [0.15, 0.2) is 18.9 Å². The van der Waals surface area contributed by atoms with E-state index in [4.69, 9.17) is 61.4 Å². The Morgan fingerprint density at radius 2 is 0.802 bits per heavy atom. The molecule has 1 saturated carbocycles. The molecule has 4 rings (SSSR count). The molecule has 40 nitrogen and oxygen atoms in total. The summed E-state index contributed by atoms with van der Waals surface area (Å²) in [6.07, 6.45) is -16.6. The minimum atomic E-state index is -3.86. The Morgan fingerprint density at radius 1 is 0.475 bits per heavy atom. The highest BCUT2D eigenvalue weighted by Crippen LogP contribution is 2.45. The molecule has 0 aromatic heterocycles. The van der Waals surface area contributed by atoms with Crippen molar-refractivity contribution in [2.45, 2.75) is 170 Å². The summed E-state index contributed by atoms with van der Waals surface area (Å²) in [5.74, 6) is -5.82. The van der Waals surface area contributed by atoms with E-state index in [1.54, 1.807) is 0 Å². The minimum Gasteiger partial charge on any atom is -0.394 e. The number of aliphatic hydroxyl groups is 9. The van der Waals surface area contributed by atoms with Crippen LogP contribution in [0.1, 0.15) is 66.2 Å². The fourth-order valence-corrected chi connectivity index (χ4v) is 11.6. The van der Waals surface area contributed by atoms with Crippen molar-refractivity contribution in [3.8, 4) is 0 Å². The van der Waals surface area contributed by atoms with Gasteiger partial charge in [0, 0.05) is 58.9 Å². The molecule has 41 heteroatoms. The lowest BCUT2D eigenvalue weighted by molar-refractivity contribution is -0.272. The molecule has 101 heavy (non-hydrogen) atoms. The van der Waals surface area contributed by atoms with Crippen molar-refractivity contribution < 1.29 is 155 Å². The Labute approximate surface area is 584 Å². The van der Waals surface area contributed by atoms with E-state index in [2.05, 4.69) is 37.2 Å². The molecule has 17 unspecified atom stereocenters. The zero-order valence-electron chi connectivity index (χ0n) is 57.5. The molecule has 17 N–H and O–H groups in total. The second kappa shape index (κ2) is 48.2. The number of rotatable bonds is 49. The number of ether oxygens (including phenoxy) is 12. The zero-order valence-corrected chi connectivity index (χ0v) is 58.3. The maximum atomic E-state index is 14.7. The van der Waals surface area contributed by atoms with Crippen molar-refractivity contribution in [1.29, 1.82) is 0 Å². The van der Waals surface area contributed by atoms with Gasteiger partial charge in [-0.15, -0.1) is 0 Å². The van der Waals surface area contributed by atoms with Gasteiger partial charge in [0.1, 0.15) is 92.2 Å². The Kier molecular flexibility index (Phi) is 42.2. The molecule has 17 atom stereocenters. The third kappa shape index (κ3) is 32.5. The monoisotopic (exact) mass is 1480 g/mol. The first-order valence-electron chi connectivity index (χ1n) is 33.6. The fourth-order valence-electron chi connectivity index (χ4n) is 10.8. The Bertz CT molecular complexity index is 2430. The van der Waals surface area contributed by atoms with Gasteiger partial charge in [0.05, 0.1) is 125 Å². The van der Waals surface area contributed by atoms with Gasteiger partial charge in [-0.3, -0.25) is 42.9 Å². The average Bonchev–Trinajstić information content (AvgIpc) is 0.827. The van der Waals surface area contributed by atoms with Crippen molar-refractivity contribution in [2.75, 3.05) is 158 Å². The molecule has 0 aromatic carbocycles. The van der Waals surface area contributed by atoms with Crippen molar-refractivity contribution in [2.24, 2.45) is 5.92 Å². The van der Waals surface area contributed by atoms with Gasteiger partial charge in [-0.25, -0.2) is 0 Å². The first-order valence-corrected chi connectivity index (χ1v) is 35.4. The largest absolute Gasteiger partial charge is 0.394 e. The van der Waals surface area contributed by atoms with Gasteiger partial charge in [-0.05, 0) is 32.1 Å². The van der Waals surface area contributed by atoms with E-state index in [9.17, 15) is 93.8 Å². The topological polar surface area (TPSA) is 563 Å². The summed E-state index contributed by atoms with van der Waals surface area (Å²) in [7, 11) is -3.86. The number of hydrogen-bond donors (Lipinski definition) is 17. The predicted molar refractivity (Wildman–Crippen MR) is 343 cm³/mol. The lowest BCUT2D eigenvalue weighted by Crippen LogP contribution is -2.64. The Balaban J connectivity index is 1.32. The van der Waals surface area contributed by atoms with Crippen molar-refractivity contribution >= 4 is 54.9 Å². The molecule has 3 saturated heterocycles. The molecule has 0 bridgehead atoms. The number of carbonyl (C=O) groups excluding carboxylic acids is 8. The van der Waals surface area contributed by atoms with Crippen LogP contribution in [0, 0.1) is 5.92 Å². The highest BCUT2D eigenvalue weighted by Gasteiger charge is 2.48. The van der Waals surface area contributed by atoms with Gasteiger partial charge < -0.3 is 154 Å². The van der Waals surface area contributed by atoms with E-state index in [0.717, 1.165) is 4.90 Å². The van der Waals surface area contributed by atoms with E-state index < -0.39 is 198 Å². The zero-order chi connectivity index (χ0) is 74.4. The number of nitrogens with one attached hydrogen (secondary N) is 7. The highest BCUT2D eigenvalue weighted by atomic mass is 31.2. The average molecular weight is 1480 g/mol. The van der Waals surface area contributed by atoms with Crippen molar-refractivity contribution in [3.05, 3.63) is 0 Å². The molecular formula is C60H107N8O32P. The number of amides is 8. The molecule has 0 aromatic rings. The quantitative estimate of drug-likeness (QED) is 0.0199. The van der Waals surface area contributed by atoms with Gasteiger partial charge in [-0.2, -0.15) is 0 Å². The highest BCUT2D eigenvalue weighted by molar-refractivity contribution is 7.52. The second-order valence-electron chi connectivity index (χ2n) is 24.0. The van der Waals surface area contributed by atoms with Crippen LogP contribution in [0.4, 0.5) is 0 Å². The minimum absolute atomic E-state index is 0.00110. The molecule has 3 aliphatic heterocycles. The van der Waals surface area contributed by atoms with Gasteiger partial charge >= 0.3 is 7.60 Å². The molecule has 1 aliphatic carbocycles. The summed E-state index contributed by atoms with van der Waals surface area (Å²) >= 11 is 0. The summed E-state index contributed by atoms with van der Waals surface area (Å²) in [5, 5.41) is 109. The number of hydrogen-bond acceptors (Lipinski definition) is 31. The summed E-state index contributed by atoms with van der Waals surface area (Å²) < 4.78 is 84.5. The molecular weight excluding hydrogens is 1380 g/mol. The molecule has 3 heterocycles. The molecule has 0 radical (unpaired) electrons. The smallest absolute Gasteiger partial charge is 0.328 e. The maximum absolute atomic E-state index is 14.7. The van der Waals surface area contributed by atoms with Gasteiger partial charge in [-0.1, -0.05) is 6.92 Å². The molecule has 0 spiro atoms. The Morgan fingerprint density at radius 3 is 1.13 bits per heavy atom. The molecule has 8 amide bonds. The van der Waals surface area contributed by atoms with Gasteiger partial charge in [0.2, 0.25) is 47.3 Å². The first-order chi connectivity index (χ1) is 48.2. The summed E-state index contributed by atoms with van der Waals surface area (Å²) in [5.41, 5.74) is 0. The van der Waals surface area contributed by atoms with Crippen molar-refractivity contribution in [1.82, 2.24) is 42.1 Å². The number of carbonyl (C=O) groups is 8. The first kappa shape index (κ1) is 88.5. The lowest BCUT2D eigenvalue weighted by atomic mass is 9.86. The summed E-state index contributed by atoms with van der Waals surface area (Å²) in [4.78, 5) is 115. The number of aliphatic hydroxyl groups excluding tert-OH is 9. The van der Waals surface area contributed by atoms with Crippen LogP contribution < -0.4 is 37.2 Å². The van der Waals surface area contributed by atoms with Crippen LogP contribution in [0.5, 0.6) is 0 Å². The molecule has 584 valence electrons. The third-order valence-corrected chi connectivity index (χ3v) is 17.5. The van der Waals surface area contributed by atoms with Crippen LogP contribution in [-0.4, -0.2) is 365 Å². The Hall–Kier alpha value is -4.93. The maximum Gasteiger partial charge on any atom is 0.328 e. The van der Waals surface area contributed by atoms with Crippen LogP contribution >= 0.6 is 7.60 Å². The second-order valence-corrected chi connectivity index (χ2v) is 26.1. The van der Waals surface area contributed by atoms with Crippen LogP contribution in [0.2, 0.25) is 0 Å². The molecule has 4 fully saturated rings. The van der Waals surface area contributed by atoms with Crippen LogP contribution in [0.15, 0.2) is 0 Å². The predicted octanol–water partition coefficient (Wildman–Crippen LogP) is -8.81. The summed E-state index contributed by atoms with van der Waals surface area (Å²) in [6, 6.07) is -4.90. The normalized spacial score (nSPS) is 28.4. The van der Waals surface area contributed by atoms with Gasteiger partial charge in [0.25, 0.3) is 0 Å².